The number of aryl methyl sites for hydroxylation is 3. The number of anilines is 3. The number of aromatic nitrogens is 3. The lowest BCUT2D eigenvalue weighted by atomic mass is 10.0. The van der Waals surface area contributed by atoms with E-state index in [-0.39, 0.29) is 42.1 Å². The summed E-state index contributed by atoms with van der Waals surface area (Å²) in [7, 11) is 0. The van der Waals surface area contributed by atoms with Gasteiger partial charge in [-0.3, -0.25) is 14.2 Å². The third-order valence-corrected chi connectivity index (χ3v) is 5.92. The van der Waals surface area contributed by atoms with Crippen LogP contribution in [0.25, 0.3) is 0 Å². The number of rotatable bonds is 6. The molecule has 0 unspecified atom stereocenters. The minimum Gasteiger partial charge on any atom is -0.384 e. The van der Waals surface area contributed by atoms with Gasteiger partial charge in [0.15, 0.2) is 5.82 Å². The first-order chi connectivity index (χ1) is 15.5. The van der Waals surface area contributed by atoms with E-state index in [1.54, 1.807) is 16.8 Å². The van der Waals surface area contributed by atoms with Crippen molar-refractivity contribution in [3.8, 4) is 0 Å². The smallest absolute Gasteiger partial charge is 0.294 e. The first-order valence-corrected chi connectivity index (χ1v) is 10.9. The van der Waals surface area contributed by atoms with Gasteiger partial charge in [0.25, 0.3) is 5.56 Å². The maximum absolute atomic E-state index is 13.3. The highest BCUT2D eigenvalue weighted by Gasteiger charge is 2.28. The maximum Gasteiger partial charge on any atom is 0.294 e. The summed E-state index contributed by atoms with van der Waals surface area (Å²) in [6.07, 6.45) is 4.68. The van der Waals surface area contributed by atoms with Crippen LogP contribution in [0, 0.1) is 6.92 Å². The lowest BCUT2D eigenvalue weighted by molar-refractivity contribution is -0.125. The largest absolute Gasteiger partial charge is 0.384 e. The van der Waals surface area contributed by atoms with E-state index in [0.717, 1.165) is 47.5 Å². The number of halogens is 2. The second-order valence-electron chi connectivity index (χ2n) is 8.02. The van der Waals surface area contributed by atoms with E-state index >= 15 is 0 Å². The number of nitrogens with one attached hydrogen (secondary N) is 2. The summed E-state index contributed by atoms with van der Waals surface area (Å²) in [4.78, 5) is 35.0. The fourth-order valence-electron chi connectivity index (χ4n) is 4.14. The Morgan fingerprint density at radius 3 is 2.68 bits per heavy atom. The summed E-state index contributed by atoms with van der Waals surface area (Å²) < 4.78 is 1.59. The molecule has 0 saturated carbocycles. The van der Waals surface area contributed by atoms with E-state index in [0.29, 0.717) is 18.8 Å². The van der Waals surface area contributed by atoms with Gasteiger partial charge >= 0.3 is 0 Å². The molecule has 8 nitrogen and oxygen atoms in total. The Balaban J connectivity index is 0.00000204. The molecule has 1 amide bonds. The second kappa shape index (κ2) is 11.9. The van der Waals surface area contributed by atoms with Gasteiger partial charge in [-0.05, 0) is 55.9 Å². The first-order valence-electron chi connectivity index (χ1n) is 10.9. The zero-order valence-electron chi connectivity index (χ0n) is 19.2. The van der Waals surface area contributed by atoms with Crippen molar-refractivity contribution in [2.45, 2.75) is 52.1 Å². The number of hydrogen-bond donors (Lipinski definition) is 3. The summed E-state index contributed by atoms with van der Waals surface area (Å²) in [5, 5.41) is 6.14. The standard InChI is InChI=1S/C24H28N6O2.2ClH/c1-3-16-7-4-5-9-19(16)29-22-24(32)30-18(14-26-22)8-6-10-20(30)23(31)27-13-17-11-12-21(25)28-15(17)2;;/h4-5,7,9,11-12,14,20H,3,6,8,10,13H2,1-2H3,(H2,25,28)(H,26,29)(H,27,31);2*1H/t20-;;/m0../s1. The molecular formula is C24H30Cl2N6O2. The molecule has 1 aromatic carbocycles. The van der Waals surface area contributed by atoms with Crippen LogP contribution in [-0.4, -0.2) is 20.4 Å². The number of nitrogens with zero attached hydrogens (tertiary/aromatic N) is 3. The fourth-order valence-corrected chi connectivity index (χ4v) is 4.14. The van der Waals surface area contributed by atoms with Crippen molar-refractivity contribution in [1.82, 2.24) is 19.9 Å². The van der Waals surface area contributed by atoms with Gasteiger partial charge in [-0.2, -0.15) is 0 Å². The molecule has 1 atom stereocenters. The van der Waals surface area contributed by atoms with Gasteiger partial charge in [-0.15, -0.1) is 24.8 Å². The SMILES string of the molecule is CCc1ccccc1Nc1ncc2n(c1=O)[C@H](C(=O)NCc1ccc(N)nc1C)CCC2.Cl.Cl. The number of nitrogen functional groups attached to an aromatic ring is 1. The Kier molecular flexibility index (Phi) is 9.46. The average Bonchev–Trinajstić information content (AvgIpc) is 2.80. The molecule has 10 heteroatoms. The van der Waals surface area contributed by atoms with Crippen LogP contribution in [0.5, 0.6) is 0 Å². The van der Waals surface area contributed by atoms with E-state index in [1.165, 1.54) is 0 Å². The van der Waals surface area contributed by atoms with E-state index in [1.807, 2.05) is 37.3 Å². The second-order valence-corrected chi connectivity index (χ2v) is 8.02. The minimum atomic E-state index is -0.571. The van der Waals surface area contributed by atoms with Crippen LogP contribution in [0.4, 0.5) is 17.3 Å². The summed E-state index contributed by atoms with van der Waals surface area (Å²) in [6.45, 7) is 4.25. The number of benzene rings is 1. The molecule has 1 aliphatic heterocycles. The lowest BCUT2D eigenvalue weighted by Crippen LogP contribution is -2.41. The number of fused-ring (bicyclic) bond motifs is 1. The molecule has 3 heterocycles. The Morgan fingerprint density at radius 1 is 1.18 bits per heavy atom. The molecule has 4 rings (SSSR count). The highest BCUT2D eigenvalue weighted by atomic mass is 35.5. The van der Waals surface area contributed by atoms with Gasteiger partial charge in [0, 0.05) is 29.8 Å². The van der Waals surface area contributed by atoms with E-state index < -0.39 is 6.04 Å². The van der Waals surface area contributed by atoms with Gasteiger partial charge in [0.2, 0.25) is 5.91 Å². The van der Waals surface area contributed by atoms with Crippen molar-refractivity contribution in [1.29, 1.82) is 0 Å². The van der Waals surface area contributed by atoms with Gasteiger partial charge in [0.1, 0.15) is 11.9 Å². The van der Waals surface area contributed by atoms with E-state index in [4.69, 9.17) is 5.73 Å². The Hall–Kier alpha value is -3.10. The zero-order chi connectivity index (χ0) is 22.7. The van der Waals surface area contributed by atoms with Crippen molar-refractivity contribution >= 4 is 48.0 Å². The van der Waals surface area contributed by atoms with Gasteiger partial charge in [-0.1, -0.05) is 31.2 Å². The fraction of sp³-hybridized carbons (Fsp3) is 0.333. The van der Waals surface area contributed by atoms with Gasteiger partial charge in [0.05, 0.1) is 0 Å². The normalized spacial score (nSPS) is 14.2. The summed E-state index contributed by atoms with van der Waals surface area (Å²) >= 11 is 0. The topological polar surface area (TPSA) is 115 Å². The van der Waals surface area contributed by atoms with Crippen LogP contribution in [0.15, 0.2) is 47.4 Å². The zero-order valence-corrected chi connectivity index (χ0v) is 20.8. The van der Waals surface area contributed by atoms with Crippen molar-refractivity contribution in [2.24, 2.45) is 0 Å². The quantitative estimate of drug-likeness (QED) is 0.469. The number of carbonyl (C=O) groups excluding carboxylic acids is 1. The van der Waals surface area contributed by atoms with Crippen LogP contribution >= 0.6 is 24.8 Å². The van der Waals surface area contributed by atoms with Crippen LogP contribution < -0.4 is 21.9 Å². The molecule has 1 aliphatic rings. The first kappa shape index (κ1) is 27.1. The van der Waals surface area contributed by atoms with Crippen LogP contribution in [0.2, 0.25) is 0 Å². The molecule has 3 aromatic rings. The molecule has 2 aromatic heterocycles. The molecule has 0 spiro atoms. The lowest BCUT2D eigenvalue weighted by Gasteiger charge is -2.27. The number of pyridine rings is 1. The van der Waals surface area contributed by atoms with Crippen LogP contribution in [0.3, 0.4) is 0 Å². The van der Waals surface area contributed by atoms with E-state index in [9.17, 15) is 9.59 Å². The Bertz CT molecular complexity index is 1210. The summed E-state index contributed by atoms with van der Waals surface area (Å²) in [5.41, 5.74) is 9.82. The Labute approximate surface area is 211 Å². The molecule has 0 aliphatic carbocycles. The number of hydrogen-bond acceptors (Lipinski definition) is 6. The molecule has 0 fully saturated rings. The average molecular weight is 505 g/mol. The highest BCUT2D eigenvalue weighted by Crippen LogP contribution is 2.25. The van der Waals surface area contributed by atoms with Gasteiger partial charge in [-0.25, -0.2) is 9.97 Å². The van der Waals surface area contributed by atoms with Crippen molar-refractivity contribution in [3.63, 3.8) is 0 Å². The maximum atomic E-state index is 13.3. The molecule has 4 N–H and O–H groups in total. The van der Waals surface area contributed by atoms with Crippen molar-refractivity contribution in [2.75, 3.05) is 11.1 Å². The molecule has 0 saturated heterocycles. The molecular weight excluding hydrogens is 475 g/mol. The number of amides is 1. The van der Waals surface area contributed by atoms with Crippen molar-refractivity contribution < 1.29 is 4.79 Å². The molecule has 0 radical (unpaired) electrons. The molecule has 0 bridgehead atoms. The minimum absolute atomic E-state index is 0. The predicted molar refractivity (Wildman–Crippen MR) is 139 cm³/mol. The third kappa shape index (κ3) is 5.69. The molecule has 34 heavy (non-hydrogen) atoms. The van der Waals surface area contributed by atoms with Crippen LogP contribution in [0.1, 0.15) is 48.3 Å². The molecule has 182 valence electrons. The van der Waals surface area contributed by atoms with E-state index in [2.05, 4.69) is 27.5 Å². The monoisotopic (exact) mass is 504 g/mol. The third-order valence-electron chi connectivity index (χ3n) is 5.92. The number of nitrogens with two attached hydrogens (primary N) is 1. The predicted octanol–water partition coefficient (Wildman–Crippen LogP) is 3.87. The number of carbonyl (C=O) groups is 1. The summed E-state index contributed by atoms with van der Waals surface area (Å²) in [6, 6.07) is 10.8. The number of para-hydroxylation sites is 1. The van der Waals surface area contributed by atoms with Crippen LogP contribution in [-0.2, 0) is 24.2 Å². The van der Waals surface area contributed by atoms with Crippen molar-refractivity contribution in [3.05, 3.63) is 75.5 Å². The Morgan fingerprint density at radius 2 is 1.94 bits per heavy atom. The highest BCUT2D eigenvalue weighted by molar-refractivity contribution is 5.85. The van der Waals surface area contributed by atoms with Gasteiger partial charge < -0.3 is 16.4 Å². The summed E-state index contributed by atoms with van der Waals surface area (Å²) in [5.74, 6) is 0.492.